The topological polar surface area (TPSA) is 63.6 Å². The van der Waals surface area contributed by atoms with E-state index in [1.54, 1.807) is 19.1 Å². The second-order valence-corrected chi connectivity index (χ2v) is 4.46. The van der Waals surface area contributed by atoms with E-state index in [4.69, 9.17) is 4.74 Å². The molecule has 0 fully saturated rings. The minimum atomic E-state index is -1.78. The first-order chi connectivity index (χ1) is 8.36. The molecule has 4 nitrogen and oxygen atoms in total. The summed E-state index contributed by atoms with van der Waals surface area (Å²) in [6, 6.07) is 6.98. The second kappa shape index (κ2) is 5.78. The maximum absolute atomic E-state index is 11.9. The van der Waals surface area contributed by atoms with Crippen LogP contribution in [0.4, 0.5) is 0 Å². The van der Waals surface area contributed by atoms with Crippen molar-refractivity contribution in [2.24, 2.45) is 0 Å². The third kappa shape index (κ3) is 3.67. The largest absolute Gasteiger partial charge is 0.464 e. The molecule has 0 heterocycles. The molecule has 4 heteroatoms. The number of aliphatic hydroxyl groups is 1. The number of aryl methyl sites for hydroxylation is 1. The molecule has 0 bridgehead atoms. The predicted molar refractivity (Wildman–Crippen MR) is 67.4 cm³/mol. The number of ether oxygens (including phenoxy) is 1. The van der Waals surface area contributed by atoms with E-state index in [0.717, 1.165) is 5.56 Å². The van der Waals surface area contributed by atoms with Crippen LogP contribution in [0, 0.1) is 6.92 Å². The van der Waals surface area contributed by atoms with Gasteiger partial charge in [-0.25, -0.2) is 4.79 Å². The van der Waals surface area contributed by atoms with Gasteiger partial charge in [-0.1, -0.05) is 29.8 Å². The number of esters is 1. The molecule has 0 amide bonds. The maximum Gasteiger partial charge on any atom is 0.338 e. The summed E-state index contributed by atoms with van der Waals surface area (Å²) in [4.78, 5) is 23.4. The van der Waals surface area contributed by atoms with Gasteiger partial charge in [0.2, 0.25) is 0 Å². The lowest BCUT2D eigenvalue weighted by Gasteiger charge is -2.20. The van der Waals surface area contributed by atoms with Crippen molar-refractivity contribution in [3.63, 3.8) is 0 Å². The summed E-state index contributed by atoms with van der Waals surface area (Å²) in [6.07, 6.45) is -0.283. The van der Waals surface area contributed by atoms with Gasteiger partial charge in [0.25, 0.3) is 0 Å². The minimum absolute atomic E-state index is 0.174. The zero-order valence-corrected chi connectivity index (χ0v) is 10.9. The Morgan fingerprint density at radius 1 is 1.28 bits per heavy atom. The number of rotatable bonds is 5. The van der Waals surface area contributed by atoms with Crippen LogP contribution < -0.4 is 0 Å². The normalized spacial score (nSPS) is 13.8. The van der Waals surface area contributed by atoms with Crippen LogP contribution in [0.2, 0.25) is 0 Å². The van der Waals surface area contributed by atoms with E-state index in [1.165, 1.54) is 6.92 Å². The van der Waals surface area contributed by atoms with Gasteiger partial charge in [-0.15, -0.1) is 0 Å². The van der Waals surface area contributed by atoms with Crippen molar-refractivity contribution in [2.45, 2.75) is 32.8 Å². The van der Waals surface area contributed by atoms with Crippen LogP contribution in [-0.4, -0.2) is 29.1 Å². The number of benzene rings is 1. The fourth-order valence-corrected chi connectivity index (χ4v) is 1.51. The van der Waals surface area contributed by atoms with Gasteiger partial charge in [0.1, 0.15) is 0 Å². The Kier molecular flexibility index (Phi) is 4.62. The van der Waals surface area contributed by atoms with Gasteiger partial charge in [0, 0.05) is 5.56 Å². The Morgan fingerprint density at radius 3 is 2.33 bits per heavy atom. The molecule has 1 N–H and O–H groups in total. The first kappa shape index (κ1) is 14.4. The van der Waals surface area contributed by atoms with E-state index in [1.807, 2.05) is 19.1 Å². The molecule has 0 saturated heterocycles. The molecule has 0 aliphatic heterocycles. The molecule has 0 saturated carbocycles. The van der Waals surface area contributed by atoms with E-state index in [2.05, 4.69) is 0 Å². The van der Waals surface area contributed by atoms with Crippen molar-refractivity contribution >= 4 is 11.8 Å². The van der Waals surface area contributed by atoms with Crippen LogP contribution in [0.5, 0.6) is 0 Å². The average molecular weight is 250 g/mol. The van der Waals surface area contributed by atoms with Gasteiger partial charge >= 0.3 is 5.97 Å². The van der Waals surface area contributed by atoms with E-state index in [9.17, 15) is 14.7 Å². The monoisotopic (exact) mass is 250 g/mol. The fraction of sp³-hybridized carbons (Fsp3) is 0.429. The smallest absolute Gasteiger partial charge is 0.338 e. The Morgan fingerprint density at radius 2 is 1.83 bits per heavy atom. The quantitative estimate of drug-likeness (QED) is 0.640. The molecule has 0 radical (unpaired) electrons. The Bertz CT molecular complexity index is 432. The van der Waals surface area contributed by atoms with Crippen LogP contribution in [0.3, 0.4) is 0 Å². The molecule has 1 rings (SSSR count). The molecular formula is C14H18O4. The molecule has 0 aliphatic rings. The van der Waals surface area contributed by atoms with Crippen molar-refractivity contribution in [3.8, 4) is 0 Å². The summed E-state index contributed by atoms with van der Waals surface area (Å²) in [7, 11) is 0. The van der Waals surface area contributed by atoms with E-state index in [0.29, 0.717) is 5.56 Å². The van der Waals surface area contributed by atoms with Crippen molar-refractivity contribution < 1.29 is 19.4 Å². The zero-order chi connectivity index (χ0) is 13.8. The Labute approximate surface area is 107 Å². The number of hydrogen-bond acceptors (Lipinski definition) is 4. The predicted octanol–water partition coefficient (Wildman–Crippen LogP) is 1.88. The highest BCUT2D eigenvalue weighted by atomic mass is 16.5. The standard InChI is InChI=1S/C14H18O4/c1-4-18-13(16)14(3,17)9-12(15)11-7-5-10(2)6-8-11/h5-8,17H,4,9H2,1-3H3. The lowest BCUT2D eigenvalue weighted by Crippen LogP contribution is -2.39. The van der Waals surface area contributed by atoms with E-state index in [-0.39, 0.29) is 18.8 Å². The molecule has 1 atom stereocenters. The van der Waals surface area contributed by atoms with Crippen LogP contribution in [0.25, 0.3) is 0 Å². The summed E-state index contributed by atoms with van der Waals surface area (Å²) in [6.45, 7) is 5.03. The first-order valence-corrected chi connectivity index (χ1v) is 5.86. The number of ketones is 1. The summed E-state index contributed by atoms with van der Waals surface area (Å²) < 4.78 is 4.72. The number of carbonyl (C=O) groups excluding carboxylic acids is 2. The number of carbonyl (C=O) groups is 2. The van der Waals surface area contributed by atoms with Crippen molar-refractivity contribution in [1.82, 2.24) is 0 Å². The van der Waals surface area contributed by atoms with Crippen molar-refractivity contribution in [1.29, 1.82) is 0 Å². The highest BCUT2D eigenvalue weighted by Crippen LogP contribution is 2.16. The lowest BCUT2D eigenvalue weighted by molar-refractivity contribution is -0.162. The highest BCUT2D eigenvalue weighted by Gasteiger charge is 2.34. The van der Waals surface area contributed by atoms with Gasteiger partial charge in [0.05, 0.1) is 13.0 Å². The average Bonchev–Trinajstić information content (AvgIpc) is 2.29. The molecule has 18 heavy (non-hydrogen) atoms. The fourth-order valence-electron chi connectivity index (χ4n) is 1.51. The van der Waals surface area contributed by atoms with Crippen LogP contribution in [-0.2, 0) is 9.53 Å². The van der Waals surface area contributed by atoms with Gasteiger partial charge in [-0.2, -0.15) is 0 Å². The van der Waals surface area contributed by atoms with Gasteiger partial charge < -0.3 is 9.84 Å². The first-order valence-electron chi connectivity index (χ1n) is 5.86. The summed E-state index contributed by atoms with van der Waals surface area (Å²) >= 11 is 0. The molecule has 0 spiro atoms. The van der Waals surface area contributed by atoms with Crippen LogP contribution >= 0.6 is 0 Å². The van der Waals surface area contributed by atoms with Crippen LogP contribution in [0.1, 0.15) is 36.2 Å². The van der Waals surface area contributed by atoms with Gasteiger partial charge in [0.15, 0.2) is 11.4 Å². The van der Waals surface area contributed by atoms with Crippen molar-refractivity contribution in [3.05, 3.63) is 35.4 Å². The summed E-state index contributed by atoms with van der Waals surface area (Å²) in [5, 5.41) is 9.91. The molecule has 1 aromatic rings. The minimum Gasteiger partial charge on any atom is -0.464 e. The molecule has 0 aromatic heterocycles. The molecule has 0 aliphatic carbocycles. The third-order valence-corrected chi connectivity index (χ3v) is 2.59. The van der Waals surface area contributed by atoms with Gasteiger partial charge in [-0.05, 0) is 20.8 Å². The third-order valence-electron chi connectivity index (χ3n) is 2.59. The van der Waals surface area contributed by atoms with Crippen molar-refractivity contribution in [2.75, 3.05) is 6.61 Å². The second-order valence-electron chi connectivity index (χ2n) is 4.46. The number of hydrogen-bond donors (Lipinski definition) is 1. The summed E-state index contributed by atoms with van der Waals surface area (Å²) in [5.41, 5.74) is -0.258. The molecule has 98 valence electrons. The van der Waals surface area contributed by atoms with E-state index < -0.39 is 11.6 Å². The SMILES string of the molecule is CCOC(=O)C(C)(O)CC(=O)c1ccc(C)cc1. The molecule has 1 aromatic carbocycles. The van der Waals surface area contributed by atoms with Gasteiger partial charge in [-0.3, -0.25) is 4.79 Å². The molecular weight excluding hydrogens is 232 g/mol. The lowest BCUT2D eigenvalue weighted by atomic mass is 9.95. The molecule has 1 unspecified atom stereocenters. The summed E-state index contributed by atoms with van der Waals surface area (Å²) in [5.74, 6) is -1.06. The van der Waals surface area contributed by atoms with E-state index >= 15 is 0 Å². The Hall–Kier alpha value is -1.68. The zero-order valence-electron chi connectivity index (χ0n) is 10.9. The maximum atomic E-state index is 11.9. The highest BCUT2D eigenvalue weighted by molar-refractivity contribution is 5.99. The number of Topliss-reactive ketones (excluding diaryl/α,β-unsaturated/α-hetero) is 1. The Balaban J connectivity index is 2.75. The van der Waals surface area contributed by atoms with Crippen LogP contribution in [0.15, 0.2) is 24.3 Å².